The van der Waals surface area contributed by atoms with Gasteiger partial charge in [-0.1, -0.05) is 37.9 Å². The smallest absolute Gasteiger partial charge is 0.0551 e. The summed E-state index contributed by atoms with van der Waals surface area (Å²) < 4.78 is 0.962. The summed E-state index contributed by atoms with van der Waals surface area (Å²) in [4.78, 5) is 0. The van der Waals surface area contributed by atoms with Crippen LogP contribution in [-0.4, -0.2) is 6.04 Å². The van der Waals surface area contributed by atoms with Gasteiger partial charge in [-0.2, -0.15) is 0 Å². The lowest BCUT2D eigenvalue weighted by Gasteiger charge is -2.28. The van der Waals surface area contributed by atoms with Crippen molar-refractivity contribution in [3.05, 3.63) is 33.3 Å². The second-order valence-electron chi connectivity index (χ2n) is 5.56. The van der Waals surface area contributed by atoms with Crippen LogP contribution >= 0.6 is 27.5 Å². The number of hydrogen-bond acceptors (Lipinski definition) is 1. The molecule has 1 atom stereocenters. The normalized spacial score (nSPS) is 22.9. The van der Waals surface area contributed by atoms with E-state index in [9.17, 15) is 0 Å². The molecule has 3 heteroatoms. The molecule has 0 aromatic heterocycles. The van der Waals surface area contributed by atoms with Crippen molar-refractivity contribution >= 4 is 27.5 Å². The maximum atomic E-state index is 6.09. The molecule has 1 aromatic carbocycles. The van der Waals surface area contributed by atoms with Crippen molar-refractivity contribution in [2.75, 3.05) is 0 Å². The van der Waals surface area contributed by atoms with Gasteiger partial charge >= 0.3 is 0 Å². The zero-order valence-electron chi connectivity index (χ0n) is 10.4. The molecule has 0 bridgehead atoms. The standard InChI is InChI=1S/C14H19BrClN/c1-14(2)7-3-4-13(14)17-9-10-5-6-11(15)12(16)8-10/h5-6,8,13,17H,3-4,7,9H2,1-2H3. The van der Waals surface area contributed by atoms with Gasteiger partial charge in [-0.25, -0.2) is 0 Å². The van der Waals surface area contributed by atoms with Crippen LogP contribution < -0.4 is 5.32 Å². The lowest BCUT2D eigenvalue weighted by atomic mass is 9.87. The van der Waals surface area contributed by atoms with Gasteiger partial charge in [-0.3, -0.25) is 0 Å². The molecule has 1 fully saturated rings. The number of halogens is 2. The summed E-state index contributed by atoms with van der Waals surface area (Å²) in [6.45, 7) is 5.61. The molecular weight excluding hydrogens is 298 g/mol. The fraction of sp³-hybridized carbons (Fsp3) is 0.571. The first-order valence-corrected chi connectivity index (χ1v) is 7.33. The molecule has 1 aliphatic carbocycles. The van der Waals surface area contributed by atoms with E-state index >= 15 is 0 Å². The molecule has 1 nitrogen and oxygen atoms in total. The first-order chi connectivity index (χ1) is 7.99. The minimum Gasteiger partial charge on any atom is -0.309 e. The quantitative estimate of drug-likeness (QED) is 0.847. The van der Waals surface area contributed by atoms with Crippen LogP contribution in [0.2, 0.25) is 5.02 Å². The Kier molecular flexibility index (Phi) is 4.17. The zero-order valence-corrected chi connectivity index (χ0v) is 12.7. The Morgan fingerprint density at radius 1 is 1.47 bits per heavy atom. The van der Waals surface area contributed by atoms with E-state index in [1.165, 1.54) is 24.8 Å². The second-order valence-corrected chi connectivity index (χ2v) is 6.82. The third kappa shape index (κ3) is 3.24. The van der Waals surface area contributed by atoms with Gasteiger partial charge in [-0.05, 0) is 51.9 Å². The molecule has 94 valence electrons. The number of benzene rings is 1. The Morgan fingerprint density at radius 3 is 2.82 bits per heavy atom. The molecule has 1 aliphatic rings. The van der Waals surface area contributed by atoms with Crippen LogP contribution in [0.4, 0.5) is 0 Å². The zero-order chi connectivity index (χ0) is 12.5. The van der Waals surface area contributed by atoms with E-state index in [1.54, 1.807) is 0 Å². The second kappa shape index (κ2) is 5.29. The van der Waals surface area contributed by atoms with Gasteiger partial charge in [0.1, 0.15) is 0 Å². The highest BCUT2D eigenvalue weighted by Gasteiger charge is 2.33. The molecule has 1 saturated carbocycles. The molecule has 0 radical (unpaired) electrons. The van der Waals surface area contributed by atoms with E-state index in [4.69, 9.17) is 11.6 Å². The molecule has 1 N–H and O–H groups in total. The average molecular weight is 317 g/mol. The van der Waals surface area contributed by atoms with Gasteiger partial charge in [0.25, 0.3) is 0 Å². The molecule has 0 aliphatic heterocycles. The molecule has 2 rings (SSSR count). The molecule has 0 amide bonds. The summed E-state index contributed by atoms with van der Waals surface area (Å²) in [5.41, 5.74) is 1.68. The van der Waals surface area contributed by atoms with Gasteiger partial charge in [-0.15, -0.1) is 0 Å². The minimum atomic E-state index is 0.430. The van der Waals surface area contributed by atoms with Gasteiger partial charge in [0.05, 0.1) is 5.02 Å². The fourth-order valence-electron chi connectivity index (χ4n) is 2.60. The molecule has 0 heterocycles. The summed E-state index contributed by atoms with van der Waals surface area (Å²) >= 11 is 9.50. The van der Waals surface area contributed by atoms with Gasteiger partial charge in [0.15, 0.2) is 0 Å². The molecule has 0 saturated heterocycles. The van der Waals surface area contributed by atoms with Crippen LogP contribution in [0.15, 0.2) is 22.7 Å². The highest BCUT2D eigenvalue weighted by Crippen LogP contribution is 2.37. The number of hydrogen-bond donors (Lipinski definition) is 1. The van der Waals surface area contributed by atoms with Crippen LogP contribution in [0.1, 0.15) is 38.7 Å². The first kappa shape index (κ1) is 13.4. The average Bonchev–Trinajstić information content (AvgIpc) is 2.60. The Labute approximate surface area is 117 Å². The molecule has 1 unspecified atom stereocenters. The maximum absolute atomic E-state index is 6.09. The van der Waals surface area contributed by atoms with Crippen LogP contribution in [0.3, 0.4) is 0 Å². The van der Waals surface area contributed by atoms with Gasteiger partial charge in [0, 0.05) is 17.1 Å². The predicted octanol–water partition coefficient (Wildman–Crippen LogP) is 4.77. The van der Waals surface area contributed by atoms with E-state index in [2.05, 4.69) is 41.2 Å². The Hall–Kier alpha value is -0.0500. The van der Waals surface area contributed by atoms with Crippen molar-refractivity contribution in [1.82, 2.24) is 5.32 Å². The summed E-state index contributed by atoms with van der Waals surface area (Å²) in [5.74, 6) is 0. The van der Waals surface area contributed by atoms with E-state index in [-0.39, 0.29) is 0 Å². The van der Waals surface area contributed by atoms with Crippen molar-refractivity contribution in [2.45, 2.75) is 45.7 Å². The summed E-state index contributed by atoms with van der Waals surface area (Å²) in [6, 6.07) is 6.79. The van der Waals surface area contributed by atoms with Crippen molar-refractivity contribution in [1.29, 1.82) is 0 Å². The van der Waals surface area contributed by atoms with Crippen molar-refractivity contribution in [2.24, 2.45) is 5.41 Å². The van der Waals surface area contributed by atoms with Crippen molar-refractivity contribution < 1.29 is 0 Å². The SMILES string of the molecule is CC1(C)CCCC1NCc1ccc(Br)c(Cl)c1. The highest BCUT2D eigenvalue weighted by atomic mass is 79.9. The number of rotatable bonds is 3. The lowest BCUT2D eigenvalue weighted by Crippen LogP contribution is -2.37. The van der Waals surface area contributed by atoms with Crippen molar-refractivity contribution in [3.63, 3.8) is 0 Å². The molecular formula is C14H19BrClN. The summed E-state index contributed by atoms with van der Waals surface area (Å²) in [5, 5.41) is 4.45. The van der Waals surface area contributed by atoms with E-state index in [0.717, 1.165) is 16.0 Å². The topological polar surface area (TPSA) is 12.0 Å². The van der Waals surface area contributed by atoms with Crippen LogP contribution in [0.25, 0.3) is 0 Å². The summed E-state index contributed by atoms with van der Waals surface area (Å²) in [7, 11) is 0. The van der Waals surface area contributed by atoms with Gasteiger partial charge < -0.3 is 5.32 Å². The first-order valence-electron chi connectivity index (χ1n) is 6.16. The fourth-order valence-corrected chi connectivity index (χ4v) is 3.05. The van der Waals surface area contributed by atoms with E-state index < -0.39 is 0 Å². The van der Waals surface area contributed by atoms with E-state index in [1.807, 2.05) is 12.1 Å². The van der Waals surface area contributed by atoms with Crippen LogP contribution in [0, 0.1) is 5.41 Å². The van der Waals surface area contributed by atoms with Crippen molar-refractivity contribution in [3.8, 4) is 0 Å². The minimum absolute atomic E-state index is 0.430. The molecule has 0 spiro atoms. The van der Waals surface area contributed by atoms with E-state index in [0.29, 0.717) is 11.5 Å². The molecule has 1 aromatic rings. The Morgan fingerprint density at radius 2 is 2.24 bits per heavy atom. The lowest BCUT2D eigenvalue weighted by molar-refractivity contribution is 0.282. The number of nitrogens with one attached hydrogen (secondary N) is 1. The van der Waals surface area contributed by atoms with Gasteiger partial charge in [0.2, 0.25) is 0 Å². The third-order valence-electron chi connectivity index (χ3n) is 3.79. The Bertz CT molecular complexity index is 403. The third-order valence-corrected chi connectivity index (χ3v) is 5.03. The molecule has 17 heavy (non-hydrogen) atoms. The Balaban J connectivity index is 1.96. The monoisotopic (exact) mass is 315 g/mol. The largest absolute Gasteiger partial charge is 0.309 e. The predicted molar refractivity (Wildman–Crippen MR) is 77.4 cm³/mol. The highest BCUT2D eigenvalue weighted by molar-refractivity contribution is 9.10. The van der Waals surface area contributed by atoms with Crippen LogP contribution in [-0.2, 0) is 6.54 Å². The van der Waals surface area contributed by atoms with Crippen LogP contribution in [0.5, 0.6) is 0 Å². The maximum Gasteiger partial charge on any atom is 0.0551 e. The summed E-state index contributed by atoms with van der Waals surface area (Å²) in [6.07, 6.45) is 3.95.